The zero-order valence-electron chi connectivity index (χ0n) is 11.1. The molecule has 0 radical (unpaired) electrons. The molecule has 3 nitrogen and oxygen atoms in total. The third kappa shape index (κ3) is 4.40. The minimum atomic E-state index is 0.337. The quantitative estimate of drug-likeness (QED) is 0.722. The van der Waals surface area contributed by atoms with E-state index in [1.54, 1.807) is 0 Å². The van der Waals surface area contributed by atoms with Gasteiger partial charge < -0.3 is 10.4 Å². The molecule has 0 spiro atoms. The van der Waals surface area contributed by atoms with Gasteiger partial charge in [-0.2, -0.15) is 0 Å². The molecule has 0 aromatic heterocycles. The third-order valence-electron chi connectivity index (χ3n) is 3.56. The number of rotatable bonds is 6. The number of nitrogens with one attached hydrogen (secondary N) is 1. The lowest BCUT2D eigenvalue weighted by atomic mass is 9.89. The van der Waals surface area contributed by atoms with Crippen LogP contribution in [0.2, 0.25) is 0 Å². The van der Waals surface area contributed by atoms with E-state index in [2.05, 4.69) is 31.0 Å². The Labute approximate surface area is 100 Å². The summed E-state index contributed by atoms with van der Waals surface area (Å²) < 4.78 is 0. The molecule has 16 heavy (non-hydrogen) atoms. The van der Waals surface area contributed by atoms with E-state index in [0.29, 0.717) is 18.7 Å². The van der Waals surface area contributed by atoms with Crippen LogP contribution in [0.3, 0.4) is 0 Å². The molecule has 0 saturated carbocycles. The number of likely N-dealkylation sites (N-methyl/N-ethyl adjacent to an activating group) is 1. The Bertz CT molecular complexity index is 185. The predicted molar refractivity (Wildman–Crippen MR) is 68.6 cm³/mol. The second kappa shape index (κ2) is 7.25. The summed E-state index contributed by atoms with van der Waals surface area (Å²) in [5.74, 6) is 0.757. The average Bonchev–Trinajstić information content (AvgIpc) is 2.26. The molecule has 1 saturated heterocycles. The fraction of sp³-hybridized carbons (Fsp3) is 1.00. The van der Waals surface area contributed by atoms with Gasteiger partial charge in [0.2, 0.25) is 0 Å². The first-order valence-electron chi connectivity index (χ1n) is 6.75. The summed E-state index contributed by atoms with van der Waals surface area (Å²) in [6.45, 7) is 10.5. The van der Waals surface area contributed by atoms with Gasteiger partial charge in [-0.15, -0.1) is 0 Å². The molecule has 3 heteroatoms. The number of likely N-dealkylation sites (tertiary alicyclic amines) is 1. The van der Waals surface area contributed by atoms with Crippen LogP contribution in [0.5, 0.6) is 0 Å². The predicted octanol–water partition coefficient (Wildman–Crippen LogP) is 1.47. The van der Waals surface area contributed by atoms with Gasteiger partial charge >= 0.3 is 0 Å². The van der Waals surface area contributed by atoms with Crippen LogP contribution in [0.1, 0.15) is 40.0 Å². The molecule has 0 aromatic carbocycles. The summed E-state index contributed by atoms with van der Waals surface area (Å²) in [6, 6.07) is 1.28. The van der Waals surface area contributed by atoms with Crippen molar-refractivity contribution in [1.29, 1.82) is 0 Å². The van der Waals surface area contributed by atoms with Crippen molar-refractivity contribution < 1.29 is 5.11 Å². The lowest BCUT2D eigenvalue weighted by Gasteiger charge is -2.40. The summed E-state index contributed by atoms with van der Waals surface area (Å²) in [5.41, 5.74) is 0. The smallest absolute Gasteiger partial charge is 0.0431 e. The van der Waals surface area contributed by atoms with E-state index in [1.165, 1.54) is 25.9 Å². The maximum absolute atomic E-state index is 8.91. The SMILES string of the molecule is CCNC1CC(CCCO)CN(C(C)C)C1. The molecule has 2 atom stereocenters. The van der Waals surface area contributed by atoms with E-state index in [9.17, 15) is 0 Å². The van der Waals surface area contributed by atoms with Gasteiger partial charge in [-0.05, 0) is 45.6 Å². The Morgan fingerprint density at radius 3 is 2.69 bits per heavy atom. The van der Waals surface area contributed by atoms with Gasteiger partial charge in [0.1, 0.15) is 0 Å². The minimum absolute atomic E-state index is 0.337. The largest absolute Gasteiger partial charge is 0.396 e. The van der Waals surface area contributed by atoms with Crippen molar-refractivity contribution in [2.45, 2.75) is 52.1 Å². The standard InChI is InChI=1S/C13H28N2O/c1-4-14-13-8-12(6-5-7-16)9-15(10-13)11(2)3/h11-14,16H,4-10H2,1-3H3. The van der Waals surface area contributed by atoms with E-state index in [4.69, 9.17) is 5.11 Å². The molecule has 1 aliphatic heterocycles. The number of nitrogens with zero attached hydrogens (tertiary/aromatic N) is 1. The van der Waals surface area contributed by atoms with Gasteiger partial charge in [0.25, 0.3) is 0 Å². The van der Waals surface area contributed by atoms with Crippen LogP contribution in [0, 0.1) is 5.92 Å². The summed E-state index contributed by atoms with van der Waals surface area (Å²) in [4.78, 5) is 2.57. The highest BCUT2D eigenvalue weighted by Crippen LogP contribution is 2.22. The van der Waals surface area contributed by atoms with Crippen molar-refractivity contribution in [3.05, 3.63) is 0 Å². The van der Waals surface area contributed by atoms with E-state index < -0.39 is 0 Å². The van der Waals surface area contributed by atoms with Crippen molar-refractivity contribution in [3.8, 4) is 0 Å². The molecule has 1 aliphatic rings. The van der Waals surface area contributed by atoms with Crippen molar-refractivity contribution >= 4 is 0 Å². The summed E-state index contributed by atoms with van der Waals surface area (Å²) in [7, 11) is 0. The maximum atomic E-state index is 8.91. The summed E-state index contributed by atoms with van der Waals surface area (Å²) in [6.07, 6.45) is 3.40. The van der Waals surface area contributed by atoms with Crippen molar-refractivity contribution in [3.63, 3.8) is 0 Å². The van der Waals surface area contributed by atoms with Crippen molar-refractivity contribution in [2.75, 3.05) is 26.2 Å². The zero-order valence-corrected chi connectivity index (χ0v) is 11.1. The van der Waals surface area contributed by atoms with Gasteiger partial charge in [0.05, 0.1) is 0 Å². The molecule has 96 valence electrons. The normalized spacial score (nSPS) is 27.6. The first kappa shape index (κ1) is 13.9. The Hall–Kier alpha value is -0.120. The monoisotopic (exact) mass is 228 g/mol. The number of hydrogen-bond donors (Lipinski definition) is 2. The molecule has 0 aliphatic carbocycles. The van der Waals surface area contributed by atoms with E-state index in [1.807, 2.05) is 0 Å². The van der Waals surface area contributed by atoms with Crippen molar-refractivity contribution in [1.82, 2.24) is 10.2 Å². The average molecular weight is 228 g/mol. The molecule has 2 N–H and O–H groups in total. The van der Waals surface area contributed by atoms with Crippen LogP contribution in [-0.2, 0) is 0 Å². The lowest BCUT2D eigenvalue weighted by Crippen LogP contribution is -2.51. The highest BCUT2D eigenvalue weighted by Gasteiger charge is 2.27. The number of aliphatic hydroxyl groups excluding tert-OH is 1. The molecule has 1 fully saturated rings. The topological polar surface area (TPSA) is 35.5 Å². The van der Waals surface area contributed by atoms with Crippen LogP contribution in [0.25, 0.3) is 0 Å². The minimum Gasteiger partial charge on any atom is -0.396 e. The van der Waals surface area contributed by atoms with Crippen molar-refractivity contribution in [2.24, 2.45) is 5.92 Å². The molecule has 0 aromatic rings. The van der Waals surface area contributed by atoms with Gasteiger partial charge in [-0.3, -0.25) is 4.90 Å². The molecule has 0 bridgehead atoms. The molecule has 0 amide bonds. The van der Waals surface area contributed by atoms with Crippen LogP contribution >= 0.6 is 0 Å². The highest BCUT2D eigenvalue weighted by molar-refractivity contribution is 4.84. The molecule has 2 unspecified atom stereocenters. The van der Waals surface area contributed by atoms with Crippen LogP contribution in [-0.4, -0.2) is 48.3 Å². The molecular formula is C13H28N2O. The molecule has 1 rings (SSSR count). The first-order valence-corrected chi connectivity index (χ1v) is 6.75. The zero-order chi connectivity index (χ0) is 12.0. The van der Waals surface area contributed by atoms with Gasteiger partial charge in [0, 0.05) is 31.8 Å². The molecular weight excluding hydrogens is 200 g/mol. The Kier molecular flexibility index (Phi) is 6.32. The highest BCUT2D eigenvalue weighted by atomic mass is 16.2. The van der Waals surface area contributed by atoms with Crippen LogP contribution in [0.15, 0.2) is 0 Å². The van der Waals surface area contributed by atoms with Crippen LogP contribution in [0.4, 0.5) is 0 Å². The fourth-order valence-corrected chi connectivity index (χ4v) is 2.69. The maximum Gasteiger partial charge on any atom is 0.0431 e. The van der Waals surface area contributed by atoms with E-state index in [0.717, 1.165) is 18.9 Å². The molecule has 1 heterocycles. The van der Waals surface area contributed by atoms with E-state index in [-0.39, 0.29) is 0 Å². The number of aliphatic hydroxyl groups is 1. The number of piperidine rings is 1. The first-order chi connectivity index (χ1) is 7.67. The second-order valence-electron chi connectivity index (χ2n) is 5.27. The van der Waals surface area contributed by atoms with Gasteiger partial charge in [-0.25, -0.2) is 0 Å². The third-order valence-corrected chi connectivity index (χ3v) is 3.56. The Morgan fingerprint density at radius 1 is 1.38 bits per heavy atom. The van der Waals surface area contributed by atoms with Crippen LogP contribution < -0.4 is 5.32 Å². The van der Waals surface area contributed by atoms with Gasteiger partial charge in [0.15, 0.2) is 0 Å². The van der Waals surface area contributed by atoms with Gasteiger partial charge in [-0.1, -0.05) is 6.92 Å². The Balaban J connectivity index is 2.45. The summed E-state index contributed by atoms with van der Waals surface area (Å²) >= 11 is 0. The number of hydrogen-bond acceptors (Lipinski definition) is 3. The summed E-state index contributed by atoms with van der Waals surface area (Å²) in [5, 5.41) is 12.5. The second-order valence-corrected chi connectivity index (χ2v) is 5.27. The lowest BCUT2D eigenvalue weighted by molar-refractivity contribution is 0.104. The van der Waals surface area contributed by atoms with E-state index >= 15 is 0 Å². The Morgan fingerprint density at radius 2 is 2.12 bits per heavy atom. The fourth-order valence-electron chi connectivity index (χ4n) is 2.69.